The molecule has 0 amide bonds. The summed E-state index contributed by atoms with van der Waals surface area (Å²) < 4.78 is 43.6. The molecule has 0 atom stereocenters. The summed E-state index contributed by atoms with van der Waals surface area (Å²) in [7, 11) is 0. The van der Waals surface area contributed by atoms with Crippen LogP contribution in [0.15, 0.2) is 42.6 Å². The van der Waals surface area contributed by atoms with Crippen LogP contribution in [0.2, 0.25) is 0 Å². The summed E-state index contributed by atoms with van der Waals surface area (Å²) >= 11 is 0. The maximum atomic E-state index is 12.6. The normalized spacial score (nSPS) is 15.9. The van der Waals surface area contributed by atoms with Gasteiger partial charge in [0.1, 0.15) is 18.2 Å². The Morgan fingerprint density at radius 2 is 1.69 bits per heavy atom. The van der Waals surface area contributed by atoms with Crippen LogP contribution in [0.5, 0.6) is 5.75 Å². The second-order valence-corrected chi connectivity index (χ2v) is 6.39. The number of aryl methyl sites for hydroxylation is 1. The second kappa shape index (κ2) is 7.95. The van der Waals surface area contributed by atoms with Gasteiger partial charge in [-0.2, -0.15) is 13.2 Å². The number of aromatic nitrogens is 1. The Labute approximate surface area is 151 Å². The highest BCUT2D eigenvalue weighted by molar-refractivity contribution is 5.40. The van der Waals surface area contributed by atoms with Crippen LogP contribution < -0.4 is 9.64 Å². The average Bonchev–Trinajstić information content (AvgIpc) is 2.63. The molecule has 140 valence electrons. The molecule has 1 aliphatic rings. The Morgan fingerprint density at radius 3 is 2.27 bits per heavy atom. The maximum Gasteiger partial charge on any atom is 0.417 e. The second-order valence-electron chi connectivity index (χ2n) is 6.39. The Balaban J connectivity index is 1.43. The van der Waals surface area contributed by atoms with Gasteiger partial charge in [-0.05, 0) is 31.2 Å². The molecule has 2 aromatic rings. The molecule has 0 radical (unpaired) electrons. The molecule has 0 unspecified atom stereocenters. The first-order valence-corrected chi connectivity index (χ1v) is 8.62. The molecule has 0 aliphatic carbocycles. The van der Waals surface area contributed by atoms with E-state index in [1.807, 2.05) is 36.1 Å². The number of hydrogen-bond donors (Lipinski definition) is 0. The van der Waals surface area contributed by atoms with E-state index in [2.05, 4.69) is 9.88 Å². The molecular weight excluding hydrogens is 343 g/mol. The van der Waals surface area contributed by atoms with E-state index in [1.54, 1.807) is 0 Å². The zero-order chi connectivity index (χ0) is 18.6. The van der Waals surface area contributed by atoms with Crippen LogP contribution in [-0.2, 0) is 6.18 Å². The molecule has 26 heavy (non-hydrogen) atoms. The summed E-state index contributed by atoms with van der Waals surface area (Å²) in [6.45, 7) is 6.62. The van der Waals surface area contributed by atoms with Crippen molar-refractivity contribution in [2.24, 2.45) is 0 Å². The molecule has 0 spiro atoms. The van der Waals surface area contributed by atoms with Crippen molar-refractivity contribution in [3.05, 3.63) is 53.7 Å². The molecule has 0 bridgehead atoms. The first-order valence-electron chi connectivity index (χ1n) is 8.62. The van der Waals surface area contributed by atoms with E-state index < -0.39 is 11.7 Å². The van der Waals surface area contributed by atoms with Crippen molar-refractivity contribution in [1.29, 1.82) is 0 Å². The van der Waals surface area contributed by atoms with Crippen molar-refractivity contribution in [2.45, 2.75) is 13.1 Å². The molecule has 1 aliphatic heterocycles. The molecule has 4 nitrogen and oxygen atoms in total. The highest BCUT2D eigenvalue weighted by atomic mass is 19.4. The van der Waals surface area contributed by atoms with Crippen LogP contribution in [0.1, 0.15) is 11.1 Å². The van der Waals surface area contributed by atoms with Gasteiger partial charge < -0.3 is 9.64 Å². The predicted molar refractivity (Wildman–Crippen MR) is 94.6 cm³/mol. The van der Waals surface area contributed by atoms with E-state index in [1.165, 1.54) is 11.6 Å². The third kappa shape index (κ3) is 4.88. The van der Waals surface area contributed by atoms with E-state index in [-0.39, 0.29) is 0 Å². The first kappa shape index (κ1) is 18.5. The number of anilines is 1. The van der Waals surface area contributed by atoms with Gasteiger partial charge in [0.05, 0.1) is 5.56 Å². The lowest BCUT2D eigenvalue weighted by molar-refractivity contribution is -0.137. The number of benzene rings is 1. The number of halogens is 3. The lowest BCUT2D eigenvalue weighted by Crippen LogP contribution is -2.47. The van der Waals surface area contributed by atoms with Crippen LogP contribution in [0, 0.1) is 6.92 Å². The smallest absolute Gasteiger partial charge is 0.417 e. The topological polar surface area (TPSA) is 28.6 Å². The van der Waals surface area contributed by atoms with Crippen molar-refractivity contribution >= 4 is 5.82 Å². The maximum absolute atomic E-state index is 12.6. The first-order chi connectivity index (χ1) is 12.4. The minimum absolute atomic E-state index is 0.591. The molecule has 0 N–H and O–H groups in total. The lowest BCUT2D eigenvalue weighted by Gasteiger charge is -2.35. The van der Waals surface area contributed by atoms with E-state index in [4.69, 9.17) is 4.74 Å². The standard InChI is InChI=1S/C19H22F3N3O/c1-15-2-5-17(6-3-15)26-13-12-24-8-10-25(11-9-24)18-7-4-16(14-23-18)19(20,21)22/h2-7,14H,8-13H2,1H3. The highest BCUT2D eigenvalue weighted by Gasteiger charge is 2.31. The van der Waals surface area contributed by atoms with Gasteiger partial charge in [0.25, 0.3) is 0 Å². The fourth-order valence-corrected chi connectivity index (χ4v) is 2.87. The van der Waals surface area contributed by atoms with E-state index >= 15 is 0 Å². The van der Waals surface area contributed by atoms with Gasteiger partial charge >= 0.3 is 6.18 Å². The number of ether oxygens (including phenoxy) is 1. The lowest BCUT2D eigenvalue weighted by atomic mass is 10.2. The Hall–Kier alpha value is -2.28. The quantitative estimate of drug-likeness (QED) is 0.809. The summed E-state index contributed by atoms with van der Waals surface area (Å²) in [6.07, 6.45) is -3.45. The highest BCUT2D eigenvalue weighted by Crippen LogP contribution is 2.29. The SMILES string of the molecule is Cc1ccc(OCCN2CCN(c3ccc(C(F)(F)F)cn3)CC2)cc1. The van der Waals surface area contributed by atoms with Crippen LogP contribution in [-0.4, -0.2) is 49.2 Å². The van der Waals surface area contributed by atoms with Gasteiger partial charge in [-0.25, -0.2) is 4.98 Å². The van der Waals surface area contributed by atoms with Gasteiger partial charge in [-0.3, -0.25) is 4.90 Å². The predicted octanol–water partition coefficient (Wildman–Crippen LogP) is 3.61. The van der Waals surface area contributed by atoms with Gasteiger partial charge in [0.15, 0.2) is 0 Å². The third-order valence-electron chi connectivity index (χ3n) is 4.47. The molecule has 3 rings (SSSR count). The molecule has 1 fully saturated rings. The zero-order valence-corrected chi connectivity index (χ0v) is 14.7. The largest absolute Gasteiger partial charge is 0.492 e. The molecule has 1 aromatic heterocycles. The third-order valence-corrected chi connectivity index (χ3v) is 4.47. The van der Waals surface area contributed by atoms with Gasteiger partial charge in [0.2, 0.25) is 0 Å². The number of pyridine rings is 1. The number of alkyl halides is 3. The summed E-state index contributed by atoms with van der Waals surface area (Å²) in [5.41, 5.74) is 0.485. The summed E-state index contributed by atoms with van der Waals surface area (Å²) in [4.78, 5) is 8.26. The van der Waals surface area contributed by atoms with Crippen molar-refractivity contribution < 1.29 is 17.9 Å². The number of piperazine rings is 1. The van der Waals surface area contributed by atoms with E-state index in [0.29, 0.717) is 12.4 Å². The van der Waals surface area contributed by atoms with Gasteiger partial charge in [-0.1, -0.05) is 17.7 Å². The van der Waals surface area contributed by atoms with Crippen molar-refractivity contribution in [1.82, 2.24) is 9.88 Å². The van der Waals surface area contributed by atoms with E-state index in [0.717, 1.165) is 50.7 Å². The van der Waals surface area contributed by atoms with Crippen molar-refractivity contribution in [2.75, 3.05) is 44.2 Å². The van der Waals surface area contributed by atoms with Crippen molar-refractivity contribution in [3.63, 3.8) is 0 Å². The van der Waals surface area contributed by atoms with Crippen molar-refractivity contribution in [3.8, 4) is 5.75 Å². The Bertz CT molecular complexity index is 693. The molecule has 1 aromatic carbocycles. The number of rotatable bonds is 5. The number of hydrogen-bond acceptors (Lipinski definition) is 4. The summed E-state index contributed by atoms with van der Waals surface area (Å²) in [5.74, 6) is 1.46. The van der Waals surface area contributed by atoms with Crippen LogP contribution in [0.25, 0.3) is 0 Å². The summed E-state index contributed by atoms with van der Waals surface area (Å²) in [6, 6.07) is 10.5. The Morgan fingerprint density at radius 1 is 1.00 bits per heavy atom. The molecule has 1 saturated heterocycles. The average molecular weight is 365 g/mol. The molecule has 2 heterocycles. The minimum atomic E-state index is -4.35. The number of nitrogens with zero attached hydrogens (tertiary/aromatic N) is 3. The molecule has 0 saturated carbocycles. The monoisotopic (exact) mass is 365 g/mol. The van der Waals surface area contributed by atoms with Crippen LogP contribution in [0.3, 0.4) is 0 Å². The van der Waals surface area contributed by atoms with E-state index in [9.17, 15) is 13.2 Å². The fourth-order valence-electron chi connectivity index (χ4n) is 2.87. The van der Waals surface area contributed by atoms with Crippen LogP contribution >= 0.6 is 0 Å². The minimum Gasteiger partial charge on any atom is -0.492 e. The molecular formula is C19H22F3N3O. The summed E-state index contributed by atoms with van der Waals surface area (Å²) in [5, 5.41) is 0. The zero-order valence-electron chi connectivity index (χ0n) is 14.7. The van der Waals surface area contributed by atoms with Crippen LogP contribution in [0.4, 0.5) is 19.0 Å². The van der Waals surface area contributed by atoms with Gasteiger partial charge in [-0.15, -0.1) is 0 Å². The van der Waals surface area contributed by atoms with Gasteiger partial charge in [0, 0.05) is 38.9 Å². The fraction of sp³-hybridized carbons (Fsp3) is 0.421. The molecule has 7 heteroatoms. The Kier molecular flexibility index (Phi) is 5.66.